The largest absolute Gasteiger partial charge is 0.378 e. The van der Waals surface area contributed by atoms with Crippen molar-refractivity contribution in [3.05, 3.63) is 35.9 Å². The Bertz CT molecular complexity index is 960. The number of ketones is 1. The highest BCUT2D eigenvalue weighted by molar-refractivity contribution is 5.93. The zero-order valence-corrected chi connectivity index (χ0v) is 17.2. The first kappa shape index (κ1) is 17.8. The first-order valence-electron chi connectivity index (χ1n) is 10.7. The normalized spacial score (nSPS) is 38.8. The molecule has 152 valence electrons. The molecule has 1 aromatic heterocycles. The highest BCUT2D eigenvalue weighted by Gasteiger charge is 2.62. The SMILES string of the molecule is CC12CN3CC(C)(CN(C1)C3c1cc3ccccc3nc1N1CCOCC1)C2=O. The fourth-order valence-corrected chi connectivity index (χ4v) is 6.33. The lowest BCUT2D eigenvalue weighted by molar-refractivity contribution is -0.196. The topological polar surface area (TPSA) is 48.9 Å². The van der Waals surface area contributed by atoms with Crippen LogP contribution < -0.4 is 4.90 Å². The summed E-state index contributed by atoms with van der Waals surface area (Å²) in [6.45, 7) is 10.9. The van der Waals surface area contributed by atoms with Crippen molar-refractivity contribution in [2.24, 2.45) is 10.8 Å². The third-order valence-electron chi connectivity index (χ3n) is 7.32. The van der Waals surface area contributed by atoms with E-state index in [9.17, 15) is 4.79 Å². The molecule has 1 aromatic carbocycles. The van der Waals surface area contributed by atoms with E-state index < -0.39 is 0 Å². The monoisotopic (exact) mass is 392 g/mol. The first-order chi connectivity index (χ1) is 14.0. The van der Waals surface area contributed by atoms with Crippen LogP contribution in [0.4, 0.5) is 5.82 Å². The summed E-state index contributed by atoms with van der Waals surface area (Å²) in [5, 5.41) is 1.18. The van der Waals surface area contributed by atoms with Crippen molar-refractivity contribution in [2.75, 3.05) is 57.4 Å². The number of fused-ring (bicyclic) bond motifs is 1. The number of carbonyl (C=O) groups is 1. The van der Waals surface area contributed by atoms with Crippen LogP contribution >= 0.6 is 0 Å². The summed E-state index contributed by atoms with van der Waals surface area (Å²) < 4.78 is 5.60. The Hall–Kier alpha value is -2.02. The van der Waals surface area contributed by atoms with Gasteiger partial charge in [0.1, 0.15) is 11.6 Å². The van der Waals surface area contributed by atoms with Crippen LogP contribution in [-0.2, 0) is 9.53 Å². The Kier molecular flexibility index (Phi) is 3.68. The molecule has 2 aromatic rings. The Morgan fingerprint density at radius 1 is 1.00 bits per heavy atom. The van der Waals surface area contributed by atoms with Gasteiger partial charge in [-0.2, -0.15) is 0 Å². The second-order valence-electron chi connectivity index (χ2n) is 9.83. The molecule has 5 aliphatic rings. The molecule has 29 heavy (non-hydrogen) atoms. The van der Waals surface area contributed by atoms with Crippen LogP contribution in [0, 0.1) is 10.8 Å². The number of hydrogen-bond donors (Lipinski definition) is 0. The molecule has 0 atom stereocenters. The van der Waals surface area contributed by atoms with Gasteiger partial charge in [0, 0.05) is 50.2 Å². The van der Waals surface area contributed by atoms with Crippen molar-refractivity contribution in [3.8, 4) is 0 Å². The fraction of sp³-hybridized carbons (Fsp3) is 0.565. The van der Waals surface area contributed by atoms with Gasteiger partial charge in [-0.05, 0) is 12.1 Å². The van der Waals surface area contributed by atoms with Crippen LogP contribution in [-0.4, -0.2) is 73.0 Å². The molecule has 0 saturated carbocycles. The van der Waals surface area contributed by atoms with Gasteiger partial charge in [-0.3, -0.25) is 14.6 Å². The number of ether oxygens (including phenoxy) is 1. The summed E-state index contributed by atoms with van der Waals surface area (Å²) in [4.78, 5) is 25.6. The molecule has 0 N–H and O–H groups in total. The zero-order valence-electron chi connectivity index (χ0n) is 17.2. The summed E-state index contributed by atoms with van der Waals surface area (Å²) in [6, 6.07) is 10.7. The minimum Gasteiger partial charge on any atom is -0.378 e. The van der Waals surface area contributed by atoms with Crippen molar-refractivity contribution in [3.63, 3.8) is 0 Å². The Labute approximate surface area is 171 Å². The molecule has 5 fully saturated rings. The highest BCUT2D eigenvalue weighted by Crippen LogP contribution is 2.53. The van der Waals surface area contributed by atoms with Crippen LogP contribution in [0.2, 0.25) is 0 Å². The zero-order chi connectivity index (χ0) is 19.8. The van der Waals surface area contributed by atoms with Gasteiger partial charge >= 0.3 is 0 Å². The smallest absolute Gasteiger partial charge is 0.149 e. The van der Waals surface area contributed by atoms with Crippen LogP contribution in [0.15, 0.2) is 30.3 Å². The molecule has 6 heterocycles. The van der Waals surface area contributed by atoms with Crippen molar-refractivity contribution in [2.45, 2.75) is 20.0 Å². The summed E-state index contributed by atoms with van der Waals surface area (Å²) >= 11 is 0. The van der Waals surface area contributed by atoms with Gasteiger partial charge in [0.05, 0.1) is 35.7 Å². The number of anilines is 1. The predicted octanol–water partition coefficient (Wildman–Crippen LogP) is 2.30. The second kappa shape index (κ2) is 6.00. The van der Waals surface area contributed by atoms with Crippen molar-refractivity contribution >= 4 is 22.5 Å². The van der Waals surface area contributed by atoms with E-state index in [4.69, 9.17) is 9.72 Å². The molecule has 7 rings (SSSR count). The van der Waals surface area contributed by atoms with Crippen LogP contribution in [0.3, 0.4) is 0 Å². The molecular formula is C23H28N4O2. The molecule has 0 amide bonds. The van der Waals surface area contributed by atoms with E-state index in [0.29, 0.717) is 5.78 Å². The maximum Gasteiger partial charge on any atom is 0.149 e. The second-order valence-corrected chi connectivity index (χ2v) is 9.83. The number of pyridine rings is 1. The number of hydrogen-bond acceptors (Lipinski definition) is 6. The first-order valence-corrected chi connectivity index (χ1v) is 10.7. The molecule has 0 aliphatic carbocycles. The highest BCUT2D eigenvalue weighted by atomic mass is 16.5. The minimum atomic E-state index is -0.245. The standard InChI is InChI=1S/C23H28N4O2/c1-22-12-26-14-23(2,21(22)28)15-27(13-22)20(26)17-11-16-5-3-4-6-18(16)24-19(17)25-7-9-29-10-8-25/h3-6,11,20H,7-10,12-15H2,1-2H3. The predicted molar refractivity (Wildman–Crippen MR) is 112 cm³/mol. The van der Waals surface area contributed by atoms with Crippen LogP contribution in [0.5, 0.6) is 0 Å². The Morgan fingerprint density at radius 2 is 1.62 bits per heavy atom. The van der Waals surface area contributed by atoms with E-state index in [0.717, 1.165) is 63.8 Å². The maximum absolute atomic E-state index is 13.1. The van der Waals surface area contributed by atoms with E-state index in [2.05, 4.69) is 58.9 Å². The van der Waals surface area contributed by atoms with Crippen molar-refractivity contribution in [1.29, 1.82) is 0 Å². The third-order valence-corrected chi connectivity index (χ3v) is 7.32. The summed E-state index contributed by atoms with van der Waals surface area (Å²) in [6.07, 6.45) is 0.194. The molecule has 5 aliphatic heterocycles. The van der Waals surface area contributed by atoms with E-state index in [-0.39, 0.29) is 17.0 Å². The van der Waals surface area contributed by atoms with Gasteiger partial charge in [0.25, 0.3) is 0 Å². The number of Topliss-reactive ketones (excluding diaryl/α,β-unsaturated/α-hetero) is 1. The lowest BCUT2D eigenvalue weighted by Gasteiger charge is -2.64. The molecule has 4 bridgehead atoms. The summed E-state index contributed by atoms with van der Waals surface area (Å²) in [5.41, 5.74) is 1.83. The van der Waals surface area contributed by atoms with Crippen molar-refractivity contribution < 1.29 is 9.53 Å². The average molecular weight is 393 g/mol. The number of nitrogens with zero attached hydrogens (tertiary/aromatic N) is 4. The van der Waals surface area contributed by atoms with E-state index in [1.54, 1.807) is 0 Å². The number of aromatic nitrogens is 1. The fourth-order valence-electron chi connectivity index (χ4n) is 6.33. The molecule has 0 spiro atoms. The van der Waals surface area contributed by atoms with Crippen LogP contribution in [0.25, 0.3) is 10.9 Å². The lowest BCUT2D eigenvalue weighted by atomic mass is 9.62. The Balaban J connectivity index is 1.48. The quantitative estimate of drug-likeness (QED) is 0.782. The average Bonchev–Trinajstić information content (AvgIpc) is 2.71. The minimum absolute atomic E-state index is 0.194. The van der Waals surface area contributed by atoms with E-state index >= 15 is 0 Å². The molecule has 0 unspecified atom stereocenters. The van der Waals surface area contributed by atoms with Gasteiger partial charge in [0.15, 0.2) is 0 Å². The molecule has 6 nitrogen and oxygen atoms in total. The van der Waals surface area contributed by atoms with E-state index in [1.807, 2.05) is 0 Å². The number of piperidine rings is 2. The van der Waals surface area contributed by atoms with Crippen LogP contribution in [0.1, 0.15) is 25.6 Å². The van der Waals surface area contributed by atoms with Gasteiger partial charge in [-0.25, -0.2) is 4.98 Å². The van der Waals surface area contributed by atoms with Gasteiger partial charge in [-0.1, -0.05) is 32.0 Å². The van der Waals surface area contributed by atoms with E-state index in [1.165, 1.54) is 10.9 Å². The Morgan fingerprint density at radius 3 is 2.28 bits per heavy atom. The summed E-state index contributed by atoms with van der Waals surface area (Å²) in [7, 11) is 0. The lowest BCUT2D eigenvalue weighted by Crippen LogP contribution is -2.75. The number of benzene rings is 1. The van der Waals surface area contributed by atoms with Gasteiger partial charge in [0.2, 0.25) is 0 Å². The maximum atomic E-state index is 13.1. The number of carbonyl (C=O) groups excluding carboxylic acids is 1. The molecule has 5 saturated heterocycles. The third kappa shape index (κ3) is 2.52. The number of rotatable bonds is 2. The number of para-hydroxylation sites is 1. The number of morpholine rings is 1. The molecule has 6 heteroatoms. The van der Waals surface area contributed by atoms with Crippen molar-refractivity contribution in [1.82, 2.24) is 14.8 Å². The molecular weight excluding hydrogens is 364 g/mol. The molecule has 0 radical (unpaired) electrons. The van der Waals surface area contributed by atoms with Gasteiger partial charge < -0.3 is 9.64 Å². The summed E-state index contributed by atoms with van der Waals surface area (Å²) in [5.74, 6) is 1.55. The van der Waals surface area contributed by atoms with Gasteiger partial charge in [-0.15, -0.1) is 0 Å².